The number of carbonyl (C=O) groups is 4. The predicted molar refractivity (Wildman–Crippen MR) is 160 cm³/mol. The van der Waals surface area contributed by atoms with Gasteiger partial charge in [0, 0.05) is 44.6 Å². The first-order valence-corrected chi connectivity index (χ1v) is 14.8. The number of nitrogens with zero attached hydrogens (tertiary/aromatic N) is 1. The molecule has 2 aliphatic heterocycles. The Morgan fingerprint density at radius 2 is 1.35 bits per heavy atom. The molecule has 0 bridgehead atoms. The van der Waals surface area contributed by atoms with E-state index in [1.807, 2.05) is 52.0 Å². The van der Waals surface area contributed by atoms with E-state index in [4.69, 9.17) is 23.5 Å². The number of carbonyl (C=O) groups excluding carboxylic acids is 4. The maximum Gasteiger partial charge on any atom is 0.494 e. The number of nitrogens with one attached hydrogen (secondary N) is 2. The minimum Gasteiger partial charge on any atom is -0.494 e. The van der Waals surface area contributed by atoms with Gasteiger partial charge in [0.1, 0.15) is 5.75 Å². The molecule has 0 unspecified atom stereocenters. The van der Waals surface area contributed by atoms with Crippen LogP contribution in [0.15, 0.2) is 36.4 Å². The van der Waals surface area contributed by atoms with Crippen LogP contribution >= 0.6 is 0 Å². The summed E-state index contributed by atoms with van der Waals surface area (Å²) in [6, 6.07) is 7.74. The van der Waals surface area contributed by atoms with Crippen LogP contribution in [-0.2, 0) is 38.0 Å². The number of hydrogen-bond acceptors (Lipinski definition) is 9. The van der Waals surface area contributed by atoms with E-state index in [1.165, 1.54) is 12.2 Å². The van der Waals surface area contributed by atoms with Crippen molar-refractivity contribution in [2.24, 2.45) is 0 Å². The van der Waals surface area contributed by atoms with Crippen LogP contribution in [0.1, 0.15) is 53.4 Å². The third-order valence-corrected chi connectivity index (χ3v) is 7.44. The van der Waals surface area contributed by atoms with Gasteiger partial charge < -0.3 is 34.2 Å². The van der Waals surface area contributed by atoms with Gasteiger partial charge in [0.05, 0.1) is 44.2 Å². The summed E-state index contributed by atoms with van der Waals surface area (Å²) in [5.41, 5.74) is 0.198. The topological polar surface area (TPSA) is 142 Å². The summed E-state index contributed by atoms with van der Waals surface area (Å²) >= 11 is 0. The summed E-state index contributed by atoms with van der Waals surface area (Å²) in [5, 5.41) is 5.54. The van der Waals surface area contributed by atoms with Crippen LogP contribution < -0.4 is 20.8 Å². The molecule has 1 fully saturated rings. The molecule has 3 rings (SSSR count). The van der Waals surface area contributed by atoms with Crippen molar-refractivity contribution in [1.82, 2.24) is 15.5 Å². The highest BCUT2D eigenvalue weighted by Crippen LogP contribution is 2.36. The average Bonchev–Trinajstić information content (AvgIpc) is 3.40. The zero-order chi connectivity index (χ0) is 31.3. The molecule has 43 heavy (non-hydrogen) atoms. The molecule has 1 aromatic rings. The fraction of sp³-hybridized carbons (Fsp3) is 0.600. The highest BCUT2D eigenvalue weighted by molar-refractivity contribution is 6.62. The van der Waals surface area contributed by atoms with Gasteiger partial charge in [-0.25, -0.2) is 0 Å². The maximum absolute atomic E-state index is 12.0. The molecule has 0 saturated carbocycles. The zero-order valence-electron chi connectivity index (χ0n) is 25.6. The highest BCUT2D eigenvalue weighted by Gasteiger charge is 2.51. The Morgan fingerprint density at radius 3 is 2.00 bits per heavy atom. The SMILES string of the molecule is CC1(C)OB(c2ccc(OCCCCNC(=O)CCOCCOCCNC(=O)CCN3C(=O)C=CC3=O)cc2)OC1(C)C. The number of unbranched alkanes of at least 4 members (excludes halogenated alkanes) is 1. The largest absolute Gasteiger partial charge is 0.494 e. The summed E-state index contributed by atoms with van der Waals surface area (Å²) in [5.74, 6) is -0.373. The van der Waals surface area contributed by atoms with Gasteiger partial charge in [-0.3, -0.25) is 24.1 Å². The Kier molecular flexibility index (Phi) is 13.2. The molecule has 0 spiro atoms. The fourth-order valence-electron chi connectivity index (χ4n) is 4.14. The van der Waals surface area contributed by atoms with Crippen molar-refractivity contribution in [3.8, 4) is 5.75 Å². The molecule has 4 amide bonds. The molecule has 0 aliphatic carbocycles. The van der Waals surface area contributed by atoms with Crippen LogP contribution in [0.4, 0.5) is 0 Å². The van der Waals surface area contributed by atoms with Gasteiger partial charge in [0.15, 0.2) is 0 Å². The first-order chi connectivity index (χ1) is 20.5. The number of benzene rings is 1. The third-order valence-electron chi connectivity index (χ3n) is 7.44. The van der Waals surface area contributed by atoms with Gasteiger partial charge in [-0.15, -0.1) is 0 Å². The van der Waals surface area contributed by atoms with Gasteiger partial charge in [-0.05, 0) is 58.1 Å². The minimum absolute atomic E-state index is 0.0393. The number of amides is 4. The predicted octanol–water partition coefficient (Wildman–Crippen LogP) is 1.12. The Morgan fingerprint density at radius 1 is 0.767 bits per heavy atom. The molecule has 12 nitrogen and oxygen atoms in total. The Balaban J connectivity index is 1.10. The van der Waals surface area contributed by atoms with Gasteiger partial charge >= 0.3 is 7.12 Å². The van der Waals surface area contributed by atoms with E-state index in [2.05, 4.69) is 10.6 Å². The molecular formula is C30H44BN3O9. The van der Waals surface area contributed by atoms with Crippen LogP contribution in [0.5, 0.6) is 5.75 Å². The lowest BCUT2D eigenvalue weighted by atomic mass is 9.79. The van der Waals surface area contributed by atoms with Crippen molar-refractivity contribution >= 4 is 36.2 Å². The quantitative estimate of drug-likeness (QED) is 0.136. The smallest absolute Gasteiger partial charge is 0.494 e. The molecular weight excluding hydrogens is 557 g/mol. The molecule has 0 radical (unpaired) electrons. The Bertz CT molecular complexity index is 1090. The standard InChI is InChI=1S/C30H44BN3O9/c1-29(2)30(3,4)43-31(42-29)23-7-9-24(10-8-23)41-18-6-5-15-32-26(36)14-19-39-21-22-40-20-16-33-25(35)13-17-34-27(37)11-12-28(34)38/h7-12H,5-6,13-22H2,1-4H3,(H,32,36)(H,33,35). The first kappa shape index (κ1) is 34.2. The summed E-state index contributed by atoms with van der Waals surface area (Å²) in [6.45, 7) is 10.9. The number of hydrogen-bond donors (Lipinski definition) is 2. The Hall–Kier alpha value is -3.26. The molecule has 1 aromatic carbocycles. The molecule has 236 valence electrons. The van der Waals surface area contributed by atoms with Crippen LogP contribution in [0, 0.1) is 0 Å². The summed E-state index contributed by atoms with van der Waals surface area (Å²) in [4.78, 5) is 47.7. The average molecular weight is 602 g/mol. The highest BCUT2D eigenvalue weighted by atomic mass is 16.7. The minimum atomic E-state index is -0.404. The van der Waals surface area contributed by atoms with E-state index in [9.17, 15) is 19.2 Å². The summed E-state index contributed by atoms with van der Waals surface area (Å²) in [7, 11) is -0.396. The van der Waals surface area contributed by atoms with E-state index in [1.54, 1.807) is 0 Å². The monoisotopic (exact) mass is 601 g/mol. The van der Waals surface area contributed by atoms with Crippen molar-refractivity contribution in [1.29, 1.82) is 0 Å². The van der Waals surface area contributed by atoms with Crippen molar-refractivity contribution in [3.63, 3.8) is 0 Å². The van der Waals surface area contributed by atoms with E-state index in [0.717, 1.165) is 29.0 Å². The molecule has 2 N–H and O–H groups in total. The molecule has 0 aromatic heterocycles. The number of imide groups is 1. The number of ether oxygens (including phenoxy) is 3. The lowest BCUT2D eigenvalue weighted by Gasteiger charge is -2.32. The fourth-order valence-corrected chi connectivity index (χ4v) is 4.14. The maximum atomic E-state index is 12.0. The second-order valence-corrected chi connectivity index (χ2v) is 11.3. The molecule has 2 heterocycles. The third kappa shape index (κ3) is 11.1. The lowest BCUT2D eigenvalue weighted by Crippen LogP contribution is -2.41. The van der Waals surface area contributed by atoms with Crippen molar-refractivity contribution < 1.29 is 42.7 Å². The van der Waals surface area contributed by atoms with Crippen LogP contribution in [0.3, 0.4) is 0 Å². The molecule has 2 aliphatic rings. The van der Waals surface area contributed by atoms with Crippen molar-refractivity contribution in [2.75, 3.05) is 52.7 Å². The van der Waals surface area contributed by atoms with Crippen LogP contribution in [-0.4, -0.2) is 99.5 Å². The van der Waals surface area contributed by atoms with E-state index < -0.39 is 18.9 Å². The van der Waals surface area contributed by atoms with Gasteiger partial charge in [-0.2, -0.15) is 0 Å². The second-order valence-electron chi connectivity index (χ2n) is 11.3. The molecule has 0 atom stereocenters. The van der Waals surface area contributed by atoms with Gasteiger partial charge in [0.25, 0.3) is 11.8 Å². The molecule has 1 saturated heterocycles. The summed E-state index contributed by atoms with van der Waals surface area (Å²) in [6.07, 6.45) is 4.29. The van der Waals surface area contributed by atoms with Gasteiger partial charge in [0.2, 0.25) is 11.8 Å². The van der Waals surface area contributed by atoms with Crippen LogP contribution in [0.2, 0.25) is 0 Å². The zero-order valence-corrected chi connectivity index (χ0v) is 25.6. The van der Waals surface area contributed by atoms with E-state index in [0.29, 0.717) is 46.1 Å². The Labute approximate surface area is 253 Å². The van der Waals surface area contributed by atoms with Crippen LogP contribution in [0.25, 0.3) is 0 Å². The molecule has 13 heteroatoms. The second kappa shape index (κ2) is 16.6. The van der Waals surface area contributed by atoms with Gasteiger partial charge in [-0.1, -0.05) is 12.1 Å². The van der Waals surface area contributed by atoms with Crippen molar-refractivity contribution in [3.05, 3.63) is 36.4 Å². The van der Waals surface area contributed by atoms with E-state index in [-0.39, 0.29) is 42.4 Å². The lowest BCUT2D eigenvalue weighted by molar-refractivity contribution is -0.137. The van der Waals surface area contributed by atoms with Crippen molar-refractivity contribution in [2.45, 2.75) is 64.6 Å². The van der Waals surface area contributed by atoms with E-state index >= 15 is 0 Å². The first-order valence-electron chi connectivity index (χ1n) is 14.8. The summed E-state index contributed by atoms with van der Waals surface area (Å²) < 4.78 is 28.8. The number of rotatable bonds is 19. The normalized spacial score (nSPS) is 17.0.